The Hall–Kier alpha value is -2.44. The molecule has 4 saturated carbocycles. The topological polar surface area (TPSA) is 93.1 Å². The standard InChI is InChI=1S/C47H68O6/c1-33(14-13-17-34-15-7-4-8-16-34)22-23-38-25-27-44(2)31-39(53-43(50)36-18-9-5-10-19-36)42-45(3,37-20-11-6-12-21-37)28-26-40(48)47(38,42)46(44,51)29-24-35-30-41(49)52-32-35/h4,7-8,15-16,25,27,30,33,36-40,42,48,51H,5-6,9-14,17-24,26,28-29,31-32H2,1-3H3/t33-,38+,39-,40+,42-,44-,45+,46-,47+/m1/s1. The Morgan fingerprint density at radius 2 is 1.68 bits per heavy atom. The number of aliphatic hydroxyl groups is 2. The highest BCUT2D eigenvalue weighted by Crippen LogP contribution is 2.74. The molecule has 2 N–H and O–H groups in total. The van der Waals surface area contributed by atoms with Crippen LogP contribution in [0.5, 0.6) is 0 Å². The van der Waals surface area contributed by atoms with Crippen molar-refractivity contribution >= 4 is 11.9 Å². The molecule has 1 heterocycles. The second-order valence-electron chi connectivity index (χ2n) is 19.0. The molecule has 9 atom stereocenters. The van der Waals surface area contributed by atoms with E-state index in [1.54, 1.807) is 6.08 Å². The molecule has 2 bridgehead atoms. The van der Waals surface area contributed by atoms with Gasteiger partial charge in [-0.1, -0.05) is 115 Å². The average molecular weight is 729 g/mol. The van der Waals surface area contributed by atoms with E-state index in [0.29, 0.717) is 37.5 Å². The van der Waals surface area contributed by atoms with Crippen LogP contribution in [0.25, 0.3) is 0 Å². The van der Waals surface area contributed by atoms with E-state index in [1.807, 2.05) is 0 Å². The van der Waals surface area contributed by atoms with Gasteiger partial charge in [-0.25, -0.2) is 4.79 Å². The van der Waals surface area contributed by atoms with Crippen molar-refractivity contribution in [3.8, 4) is 0 Å². The number of esters is 2. The summed E-state index contributed by atoms with van der Waals surface area (Å²) in [5.74, 6) is 0.304. The summed E-state index contributed by atoms with van der Waals surface area (Å²) < 4.78 is 12.2. The summed E-state index contributed by atoms with van der Waals surface area (Å²) in [5.41, 5.74) is -0.774. The van der Waals surface area contributed by atoms with Crippen LogP contribution in [0.1, 0.15) is 148 Å². The van der Waals surface area contributed by atoms with Gasteiger partial charge in [0.05, 0.1) is 17.6 Å². The first kappa shape index (κ1) is 38.8. The van der Waals surface area contributed by atoms with Gasteiger partial charge in [0.25, 0.3) is 0 Å². The molecule has 53 heavy (non-hydrogen) atoms. The van der Waals surface area contributed by atoms with Crippen LogP contribution in [0.2, 0.25) is 0 Å². The van der Waals surface area contributed by atoms with Gasteiger partial charge in [0.2, 0.25) is 0 Å². The number of carbonyl (C=O) groups is 2. The van der Waals surface area contributed by atoms with E-state index in [9.17, 15) is 19.8 Å². The van der Waals surface area contributed by atoms with Gasteiger partial charge in [-0.15, -0.1) is 0 Å². The van der Waals surface area contributed by atoms with Gasteiger partial charge in [0.15, 0.2) is 0 Å². The number of allylic oxidation sites excluding steroid dienone is 1. The van der Waals surface area contributed by atoms with Crippen molar-refractivity contribution in [2.45, 2.75) is 167 Å². The first-order valence-electron chi connectivity index (χ1n) is 21.7. The number of hydrogen-bond donors (Lipinski definition) is 2. The molecule has 1 aliphatic heterocycles. The smallest absolute Gasteiger partial charge is 0.331 e. The van der Waals surface area contributed by atoms with Crippen LogP contribution in [0.15, 0.2) is 54.1 Å². The van der Waals surface area contributed by atoms with Gasteiger partial charge in [-0.2, -0.15) is 0 Å². The van der Waals surface area contributed by atoms with E-state index >= 15 is 0 Å². The lowest BCUT2D eigenvalue weighted by Gasteiger charge is -2.74. The first-order chi connectivity index (χ1) is 25.5. The zero-order chi connectivity index (χ0) is 37.3. The number of cyclic esters (lactones) is 1. The van der Waals surface area contributed by atoms with Gasteiger partial charge < -0.3 is 19.7 Å². The van der Waals surface area contributed by atoms with Crippen LogP contribution >= 0.6 is 0 Å². The minimum absolute atomic E-state index is 0.0534. The molecule has 5 aliphatic carbocycles. The summed E-state index contributed by atoms with van der Waals surface area (Å²) in [6.07, 6.45) is 24.6. The van der Waals surface area contributed by atoms with E-state index in [2.05, 4.69) is 63.3 Å². The van der Waals surface area contributed by atoms with Crippen molar-refractivity contribution in [1.29, 1.82) is 0 Å². The highest BCUT2D eigenvalue weighted by atomic mass is 16.5. The van der Waals surface area contributed by atoms with Crippen molar-refractivity contribution in [2.75, 3.05) is 6.61 Å². The normalized spacial score (nSPS) is 38.1. The van der Waals surface area contributed by atoms with Gasteiger partial charge in [-0.3, -0.25) is 4.79 Å². The van der Waals surface area contributed by atoms with Gasteiger partial charge >= 0.3 is 11.9 Å². The number of rotatable bonds is 13. The van der Waals surface area contributed by atoms with E-state index in [4.69, 9.17) is 9.47 Å². The fraction of sp³-hybridized carbons (Fsp3) is 0.745. The fourth-order valence-electron chi connectivity index (χ4n) is 13.1. The first-order valence-corrected chi connectivity index (χ1v) is 21.7. The average Bonchev–Trinajstić information content (AvgIpc) is 3.59. The predicted molar refractivity (Wildman–Crippen MR) is 209 cm³/mol. The molecule has 1 spiro atoms. The summed E-state index contributed by atoms with van der Waals surface area (Å²) in [4.78, 5) is 26.4. The fourth-order valence-corrected chi connectivity index (χ4v) is 13.1. The number of carbonyl (C=O) groups excluding carboxylic acids is 2. The van der Waals surface area contributed by atoms with E-state index in [-0.39, 0.29) is 47.8 Å². The quantitative estimate of drug-likeness (QED) is 0.155. The maximum absolute atomic E-state index is 14.2. The molecular weight excluding hydrogens is 661 g/mol. The molecule has 0 saturated heterocycles. The number of fused-ring (bicyclic) bond motifs is 1. The second kappa shape index (κ2) is 16.0. The van der Waals surface area contributed by atoms with E-state index in [0.717, 1.165) is 82.6 Å². The zero-order valence-corrected chi connectivity index (χ0v) is 33.0. The summed E-state index contributed by atoms with van der Waals surface area (Å²) >= 11 is 0. The van der Waals surface area contributed by atoms with Crippen molar-refractivity contribution in [3.63, 3.8) is 0 Å². The molecule has 6 heteroatoms. The number of hydrogen-bond acceptors (Lipinski definition) is 6. The SMILES string of the molecule is C[C@H](CCCc1ccccc1)CC[C@H]1C=C[C@]2(C)C[C@@H](OC(=O)C3CCCCC3)[C@H]3[C@]1([C@@H](O)CC[C@@]3(C)C1CCCCC1)[C@@]2(O)CCC1=CC(=O)OC1. The Morgan fingerprint density at radius 1 is 0.962 bits per heavy atom. The van der Waals surface area contributed by atoms with Crippen LogP contribution in [0.3, 0.4) is 0 Å². The van der Waals surface area contributed by atoms with Crippen molar-refractivity contribution in [3.05, 3.63) is 59.7 Å². The molecule has 0 aromatic heterocycles. The molecule has 1 aromatic rings. The molecule has 6 nitrogen and oxygen atoms in total. The van der Waals surface area contributed by atoms with Gasteiger partial charge in [-0.05, 0) is 111 Å². The highest BCUT2D eigenvalue weighted by molar-refractivity contribution is 5.85. The lowest BCUT2D eigenvalue weighted by molar-refractivity contribution is -0.332. The highest BCUT2D eigenvalue weighted by Gasteiger charge is 2.78. The Balaban J connectivity index is 1.27. The largest absolute Gasteiger partial charge is 0.462 e. The molecule has 4 fully saturated rings. The Labute approximate surface area is 319 Å². The molecule has 1 aromatic carbocycles. The predicted octanol–water partition coefficient (Wildman–Crippen LogP) is 9.85. The number of aliphatic hydroxyl groups excluding tert-OH is 1. The van der Waals surface area contributed by atoms with Crippen LogP contribution in [0, 0.1) is 45.8 Å². The van der Waals surface area contributed by atoms with Gasteiger partial charge in [0.1, 0.15) is 12.7 Å². The maximum Gasteiger partial charge on any atom is 0.331 e. The Bertz CT molecular complexity index is 1490. The third-order valence-electron chi connectivity index (χ3n) is 16.0. The second-order valence-corrected chi connectivity index (χ2v) is 19.0. The third-order valence-corrected chi connectivity index (χ3v) is 16.0. The van der Waals surface area contributed by atoms with Crippen LogP contribution in [-0.2, 0) is 25.5 Å². The minimum Gasteiger partial charge on any atom is -0.462 e. The lowest BCUT2D eigenvalue weighted by Crippen LogP contribution is -2.79. The summed E-state index contributed by atoms with van der Waals surface area (Å²) in [7, 11) is 0. The summed E-state index contributed by atoms with van der Waals surface area (Å²) in [6, 6.07) is 10.7. The Morgan fingerprint density at radius 3 is 2.38 bits per heavy atom. The zero-order valence-electron chi connectivity index (χ0n) is 33.0. The molecular formula is C47H68O6. The van der Waals surface area contributed by atoms with Crippen LogP contribution in [0.4, 0.5) is 0 Å². The van der Waals surface area contributed by atoms with Gasteiger partial charge in [0, 0.05) is 22.8 Å². The molecule has 292 valence electrons. The monoisotopic (exact) mass is 729 g/mol. The van der Waals surface area contributed by atoms with E-state index < -0.39 is 22.5 Å². The van der Waals surface area contributed by atoms with Crippen molar-refractivity contribution in [2.24, 2.45) is 45.8 Å². The van der Waals surface area contributed by atoms with E-state index in [1.165, 1.54) is 31.2 Å². The number of aryl methyl sites for hydroxylation is 1. The molecule has 0 radical (unpaired) electrons. The summed E-state index contributed by atoms with van der Waals surface area (Å²) in [5, 5.41) is 26.8. The summed E-state index contributed by atoms with van der Waals surface area (Å²) in [6.45, 7) is 7.26. The van der Waals surface area contributed by atoms with Crippen molar-refractivity contribution < 1.29 is 29.3 Å². The maximum atomic E-state index is 14.2. The van der Waals surface area contributed by atoms with Crippen molar-refractivity contribution in [1.82, 2.24) is 0 Å². The molecule has 0 unspecified atom stereocenters. The third kappa shape index (κ3) is 7.23. The number of benzene rings is 1. The minimum atomic E-state index is -1.27. The molecule has 6 aliphatic rings. The Kier molecular flexibility index (Phi) is 11.7. The molecule has 7 rings (SSSR count). The lowest BCUT2D eigenvalue weighted by atomic mass is 9.32. The van der Waals surface area contributed by atoms with Crippen LogP contribution < -0.4 is 0 Å². The number of ether oxygens (including phenoxy) is 2. The molecule has 0 amide bonds. The van der Waals surface area contributed by atoms with Crippen LogP contribution in [-0.4, -0.2) is 46.6 Å².